The maximum atomic E-state index is 12.4. The third kappa shape index (κ3) is 4.26. The molecule has 1 aliphatic rings. The molecule has 0 atom stereocenters. The first-order valence-corrected chi connectivity index (χ1v) is 9.75. The topological polar surface area (TPSA) is 75.4 Å². The van der Waals surface area contributed by atoms with E-state index in [1.807, 2.05) is 12.3 Å². The number of nitrogens with two attached hydrogens (primary N) is 1. The molecule has 1 saturated heterocycles. The molecule has 21 heavy (non-hydrogen) atoms. The summed E-state index contributed by atoms with van der Waals surface area (Å²) >= 11 is 1.42. The zero-order valence-electron chi connectivity index (χ0n) is 12.8. The number of nitrogens with one attached hydrogen (secondary N) is 1. The van der Waals surface area contributed by atoms with Crippen LogP contribution in [0, 0.1) is 12.8 Å². The van der Waals surface area contributed by atoms with Crippen LogP contribution >= 0.6 is 11.3 Å². The molecule has 0 saturated carbocycles. The minimum absolute atomic E-state index is 0.268. The predicted molar refractivity (Wildman–Crippen MR) is 87.0 cm³/mol. The second-order valence-corrected chi connectivity index (χ2v) is 8.48. The number of piperidine rings is 1. The van der Waals surface area contributed by atoms with Crippen molar-refractivity contribution in [3.63, 3.8) is 0 Å². The Morgan fingerprint density at radius 1 is 1.43 bits per heavy atom. The lowest BCUT2D eigenvalue weighted by atomic mass is 9.94. The number of hydrogen-bond acceptors (Lipinski definition) is 5. The third-order valence-corrected chi connectivity index (χ3v) is 7.07. The van der Waals surface area contributed by atoms with E-state index in [0.717, 1.165) is 42.8 Å². The molecule has 3 N–H and O–H groups in total. The van der Waals surface area contributed by atoms with Crippen LogP contribution in [-0.2, 0) is 16.6 Å². The van der Waals surface area contributed by atoms with Gasteiger partial charge in [0.25, 0.3) is 0 Å². The molecule has 120 valence electrons. The summed E-state index contributed by atoms with van der Waals surface area (Å²) in [6.45, 7) is 4.82. The van der Waals surface area contributed by atoms with E-state index in [9.17, 15) is 8.42 Å². The van der Waals surface area contributed by atoms with Gasteiger partial charge in [0.1, 0.15) is 4.90 Å². The Labute approximate surface area is 131 Å². The fourth-order valence-corrected chi connectivity index (χ4v) is 5.56. The Hall–Kier alpha value is -0.470. The molecule has 2 heterocycles. The van der Waals surface area contributed by atoms with Crippen LogP contribution in [0.3, 0.4) is 0 Å². The first-order valence-electron chi connectivity index (χ1n) is 7.39. The van der Waals surface area contributed by atoms with E-state index in [1.165, 1.54) is 11.3 Å². The summed E-state index contributed by atoms with van der Waals surface area (Å²) in [7, 11) is -1.30. The van der Waals surface area contributed by atoms with Crippen molar-refractivity contribution in [3.05, 3.63) is 15.8 Å². The standard InChI is InChI=1S/C14H25N3O2S2/c1-11-10-20-13(9-15)14(11)21(18,19)16-6-3-12-4-7-17(2)8-5-12/h10,12,16H,3-9,15H2,1-2H3. The van der Waals surface area contributed by atoms with Gasteiger partial charge in [0, 0.05) is 18.0 Å². The van der Waals surface area contributed by atoms with Crippen molar-refractivity contribution < 1.29 is 8.42 Å². The second kappa shape index (κ2) is 7.19. The SMILES string of the molecule is Cc1csc(CN)c1S(=O)(=O)NCCC1CCN(C)CC1. The Kier molecular flexibility index (Phi) is 5.79. The van der Waals surface area contributed by atoms with Crippen LogP contribution in [0.15, 0.2) is 10.3 Å². The first kappa shape index (κ1) is 16.9. The van der Waals surface area contributed by atoms with Gasteiger partial charge in [-0.15, -0.1) is 11.3 Å². The number of sulfonamides is 1. The maximum Gasteiger partial charge on any atom is 0.241 e. The summed E-state index contributed by atoms with van der Waals surface area (Å²) < 4.78 is 27.6. The van der Waals surface area contributed by atoms with Crippen molar-refractivity contribution in [1.29, 1.82) is 0 Å². The Morgan fingerprint density at radius 2 is 2.10 bits per heavy atom. The van der Waals surface area contributed by atoms with E-state index >= 15 is 0 Å². The smallest absolute Gasteiger partial charge is 0.241 e. The number of rotatable bonds is 6. The van der Waals surface area contributed by atoms with Gasteiger partial charge in [-0.05, 0) is 63.2 Å². The fourth-order valence-electron chi connectivity index (χ4n) is 2.81. The lowest BCUT2D eigenvalue weighted by Crippen LogP contribution is -2.33. The van der Waals surface area contributed by atoms with Crippen LogP contribution in [0.2, 0.25) is 0 Å². The van der Waals surface area contributed by atoms with E-state index in [2.05, 4.69) is 16.7 Å². The zero-order chi connectivity index (χ0) is 15.5. The van der Waals surface area contributed by atoms with E-state index in [4.69, 9.17) is 5.73 Å². The Balaban J connectivity index is 1.91. The largest absolute Gasteiger partial charge is 0.326 e. The summed E-state index contributed by atoms with van der Waals surface area (Å²) in [4.78, 5) is 3.45. The quantitative estimate of drug-likeness (QED) is 0.829. The molecular formula is C14H25N3O2S2. The molecule has 0 unspecified atom stereocenters. The van der Waals surface area contributed by atoms with Crippen LogP contribution in [0.4, 0.5) is 0 Å². The second-order valence-electron chi connectivity index (χ2n) is 5.81. The van der Waals surface area contributed by atoms with Gasteiger partial charge >= 0.3 is 0 Å². The summed E-state index contributed by atoms with van der Waals surface area (Å²) in [5, 5.41) is 1.85. The molecule has 0 aliphatic carbocycles. The van der Waals surface area contributed by atoms with Gasteiger partial charge in [0.2, 0.25) is 10.0 Å². The van der Waals surface area contributed by atoms with Crippen molar-refractivity contribution in [2.75, 3.05) is 26.7 Å². The van der Waals surface area contributed by atoms with Crippen molar-refractivity contribution in [2.24, 2.45) is 11.7 Å². The summed E-state index contributed by atoms with van der Waals surface area (Å²) in [5.41, 5.74) is 6.42. The molecule has 1 fully saturated rings. The summed E-state index contributed by atoms with van der Waals surface area (Å²) in [5.74, 6) is 0.626. The van der Waals surface area contributed by atoms with E-state index in [0.29, 0.717) is 17.4 Å². The summed E-state index contributed by atoms with van der Waals surface area (Å²) in [6.07, 6.45) is 3.22. The molecule has 1 aromatic heterocycles. The molecular weight excluding hydrogens is 306 g/mol. The average Bonchev–Trinajstić information content (AvgIpc) is 2.83. The van der Waals surface area contributed by atoms with Crippen LogP contribution in [0.5, 0.6) is 0 Å². The summed E-state index contributed by atoms with van der Waals surface area (Å²) in [6, 6.07) is 0. The van der Waals surface area contributed by atoms with Crippen molar-refractivity contribution in [1.82, 2.24) is 9.62 Å². The van der Waals surface area contributed by atoms with Crippen LogP contribution < -0.4 is 10.5 Å². The lowest BCUT2D eigenvalue weighted by molar-refractivity contribution is 0.213. The average molecular weight is 332 g/mol. The number of likely N-dealkylation sites (tertiary alicyclic amines) is 1. The lowest BCUT2D eigenvalue weighted by Gasteiger charge is -2.28. The maximum absolute atomic E-state index is 12.4. The molecule has 0 radical (unpaired) electrons. The van der Waals surface area contributed by atoms with E-state index in [-0.39, 0.29) is 6.54 Å². The molecule has 5 nitrogen and oxygen atoms in total. The first-order chi connectivity index (χ1) is 9.94. The highest BCUT2D eigenvalue weighted by Gasteiger charge is 2.23. The van der Waals surface area contributed by atoms with Crippen LogP contribution in [0.25, 0.3) is 0 Å². The fraction of sp³-hybridized carbons (Fsp3) is 0.714. The van der Waals surface area contributed by atoms with Crippen molar-refractivity contribution >= 4 is 21.4 Å². The van der Waals surface area contributed by atoms with Crippen LogP contribution in [0.1, 0.15) is 29.7 Å². The minimum Gasteiger partial charge on any atom is -0.326 e. The van der Waals surface area contributed by atoms with Gasteiger partial charge in [-0.1, -0.05) is 0 Å². The molecule has 7 heteroatoms. The number of hydrogen-bond donors (Lipinski definition) is 2. The van der Waals surface area contributed by atoms with E-state index in [1.54, 1.807) is 0 Å². The number of nitrogens with zero attached hydrogens (tertiary/aromatic N) is 1. The van der Waals surface area contributed by atoms with Gasteiger partial charge < -0.3 is 10.6 Å². The zero-order valence-corrected chi connectivity index (χ0v) is 14.4. The normalized spacial score (nSPS) is 18.2. The molecule has 0 spiro atoms. The molecule has 1 aliphatic heterocycles. The highest BCUT2D eigenvalue weighted by molar-refractivity contribution is 7.89. The number of thiophene rings is 1. The monoisotopic (exact) mass is 331 g/mol. The third-order valence-electron chi connectivity index (χ3n) is 4.13. The molecule has 0 bridgehead atoms. The van der Waals surface area contributed by atoms with Crippen molar-refractivity contribution in [2.45, 2.75) is 37.6 Å². The molecule has 2 rings (SSSR count). The van der Waals surface area contributed by atoms with Crippen molar-refractivity contribution in [3.8, 4) is 0 Å². The van der Waals surface area contributed by atoms with E-state index < -0.39 is 10.0 Å². The highest BCUT2D eigenvalue weighted by atomic mass is 32.2. The molecule has 0 amide bonds. The van der Waals surface area contributed by atoms with Gasteiger partial charge in [0.05, 0.1) is 0 Å². The molecule has 0 aromatic carbocycles. The Bertz CT molecular complexity index is 561. The van der Waals surface area contributed by atoms with Gasteiger partial charge in [0.15, 0.2) is 0 Å². The molecule has 1 aromatic rings. The predicted octanol–water partition coefficient (Wildman–Crippen LogP) is 1.53. The van der Waals surface area contributed by atoms with Crippen LogP contribution in [-0.4, -0.2) is 40.0 Å². The van der Waals surface area contributed by atoms with Gasteiger partial charge in [-0.3, -0.25) is 0 Å². The Morgan fingerprint density at radius 3 is 2.71 bits per heavy atom. The number of aryl methyl sites for hydroxylation is 1. The van der Waals surface area contributed by atoms with Gasteiger partial charge in [-0.2, -0.15) is 0 Å². The highest BCUT2D eigenvalue weighted by Crippen LogP contribution is 2.26. The van der Waals surface area contributed by atoms with Gasteiger partial charge in [-0.25, -0.2) is 13.1 Å². The minimum atomic E-state index is -3.43.